The van der Waals surface area contributed by atoms with Crippen LogP contribution in [0.5, 0.6) is 0 Å². The minimum atomic E-state index is -0.586. The van der Waals surface area contributed by atoms with Gasteiger partial charge in [-0.2, -0.15) is 10.1 Å². The Bertz CT molecular complexity index is 650. The first-order chi connectivity index (χ1) is 9.65. The van der Waals surface area contributed by atoms with E-state index in [4.69, 9.17) is 4.74 Å². The van der Waals surface area contributed by atoms with E-state index >= 15 is 0 Å². The third-order valence-electron chi connectivity index (χ3n) is 3.34. The molecule has 1 aliphatic heterocycles. The molecule has 1 aliphatic rings. The van der Waals surface area contributed by atoms with Crippen LogP contribution in [0, 0.1) is 6.92 Å². The minimum absolute atomic E-state index is 0.215. The summed E-state index contributed by atoms with van der Waals surface area (Å²) in [5.74, 6) is 0.833. The van der Waals surface area contributed by atoms with Gasteiger partial charge in [-0.05, 0) is 24.5 Å². The zero-order chi connectivity index (χ0) is 14.1. The molecule has 1 aromatic carbocycles. The van der Waals surface area contributed by atoms with Gasteiger partial charge in [-0.15, -0.1) is 0 Å². The van der Waals surface area contributed by atoms with Gasteiger partial charge in [0.15, 0.2) is 6.10 Å². The van der Waals surface area contributed by atoms with Crippen molar-refractivity contribution in [2.24, 2.45) is 7.05 Å². The number of hydrogen-bond donors (Lipinski definition) is 1. The van der Waals surface area contributed by atoms with Gasteiger partial charge in [0.1, 0.15) is 5.82 Å². The summed E-state index contributed by atoms with van der Waals surface area (Å²) in [6.45, 7) is 2.33. The summed E-state index contributed by atoms with van der Waals surface area (Å²) in [7, 11) is 1.74. The second kappa shape index (κ2) is 5.05. The van der Waals surface area contributed by atoms with Gasteiger partial charge in [-0.25, -0.2) is 4.68 Å². The Labute approximate surface area is 116 Å². The summed E-state index contributed by atoms with van der Waals surface area (Å²) in [5.41, 5.74) is 2.09. The third kappa shape index (κ3) is 2.30. The zero-order valence-corrected chi connectivity index (χ0v) is 11.5. The van der Waals surface area contributed by atoms with Crippen molar-refractivity contribution < 1.29 is 9.53 Å². The summed E-state index contributed by atoms with van der Waals surface area (Å²) in [5, 5.41) is 6.87. The quantitative estimate of drug-likeness (QED) is 0.896. The number of nitrogens with zero attached hydrogens (tertiary/aromatic N) is 3. The van der Waals surface area contributed by atoms with Gasteiger partial charge >= 0.3 is 0 Å². The Morgan fingerprint density at radius 3 is 3.00 bits per heavy atom. The number of aryl methyl sites for hydroxylation is 2. The molecule has 3 rings (SSSR count). The third-order valence-corrected chi connectivity index (χ3v) is 3.34. The van der Waals surface area contributed by atoms with Gasteiger partial charge in [0, 0.05) is 7.05 Å². The van der Waals surface area contributed by atoms with Gasteiger partial charge in [0.05, 0.1) is 6.61 Å². The average molecular weight is 272 g/mol. The van der Waals surface area contributed by atoms with Crippen LogP contribution in [0.2, 0.25) is 0 Å². The number of ether oxygens (including phenoxy) is 1. The predicted octanol–water partition coefficient (Wildman–Crippen LogP) is 1.38. The van der Waals surface area contributed by atoms with Crippen molar-refractivity contribution in [3.8, 4) is 0 Å². The van der Waals surface area contributed by atoms with Crippen LogP contribution in [-0.2, 0) is 23.0 Å². The summed E-state index contributed by atoms with van der Waals surface area (Å²) < 4.78 is 7.16. The Hall–Kier alpha value is -2.21. The molecule has 0 radical (unpaired) electrons. The van der Waals surface area contributed by atoms with Crippen LogP contribution >= 0.6 is 0 Å². The van der Waals surface area contributed by atoms with E-state index in [0.717, 1.165) is 17.5 Å². The maximum absolute atomic E-state index is 12.4. The van der Waals surface area contributed by atoms with E-state index in [2.05, 4.69) is 15.4 Å². The summed E-state index contributed by atoms with van der Waals surface area (Å²) in [6.07, 6.45) is 0.250. The number of rotatable bonds is 2. The molecule has 6 heteroatoms. The van der Waals surface area contributed by atoms with E-state index in [1.165, 1.54) is 0 Å². The lowest BCUT2D eigenvalue weighted by atomic mass is 9.97. The molecule has 2 heterocycles. The lowest BCUT2D eigenvalue weighted by Gasteiger charge is -2.24. The largest absolute Gasteiger partial charge is 0.363 e. The van der Waals surface area contributed by atoms with Crippen LogP contribution in [0.1, 0.15) is 23.1 Å². The van der Waals surface area contributed by atoms with Gasteiger partial charge < -0.3 is 4.74 Å². The lowest BCUT2D eigenvalue weighted by molar-refractivity contribution is -0.128. The number of carbonyl (C=O) groups is 1. The van der Waals surface area contributed by atoms with Crippen LogP contribution in [0.3, 0.4) is 0 Å². The zero-order valence-electron chi connectivity index (χ0n) is 11.5. The molecular formula is C14H16N4O2. The van der Waals surface area contributed by atoms with Crippen molar-refractivity contribution in [2.45, 2.75) is 19.4 Å². The molecule has 1 atom stereocenters. The molecule has 6 nitrogen and oxygen atoms in total. The fourth-order valence-corrected chi connectivity index (χ4v) is 2.41. The van der Waals surface area contributed by atoms with Crippen molar-refractivity contribution in [1.29, 1.82) is 0 Å². The Balaban J connectivity index is 1.83. The first-order valence-corrected chi connectivity index (χ1v) is 6.53. The first-order valence-electron chi connectivity index (χ1n) is 6.53. The molecule has 0 saturated heterocycles. The number of carbonyl (C=O) groups excluding carboxylic acids is 1. The molecule has 0 spiro atoms. The highest BCUT2D eigenvalue weighted by atomic mass is 16.5. The molecule has 1 aromatic heterocycles. The van der Waals surface area contributed by atoms with E-state index in [1.807, 2.05) is 24.3 Å². The molecule has 0 saturated carbocycles. The summed E-state index contributed by atoms with van der Waals surface area (Å²) in [6, 6.07) is 7.86. The highest BCUT2D eigenvalue weighted by Gasteiger charge is 2.28. The molecule has 0 fully saturated rings. The number of benzene rings is 1. The molecular weight excluding hydrogens is 256 g/mol. The highest BCUT2D eigenvalue weighted by Crippen LogP contribution is 2.27. The predicted molar refractivity (Wildman–Crippen MR) is 73.2 cm³/mol. The number of amides is 1. The standard InChI is InChI=1S/C14H16N4O2/c1-9-15-14(18(2)17-9)16-13(19)12-11-6-4-3-5-10(11)7-8-20-12/h3-6,12H,7-8H2,1-2H3,(H,15,16,17,19). The van der Waals surface area contributed by atoms with E-state index < -0.39 is 6.10 Å². The number of anilines is 1. The van der Waals surface area contributed by atoms with Crippen molar-refractivity contribution in [1.82, 2.24) is 14.8 Å². The van der Waals surface area contributed by atoms with E-state index in [1.54, 1.807) is 18.7 Å². The number of aromatic nitrogens is 3. The van der Waals surface area contributed by atoms with Crippen LogP contribution in [0.15, 0.2) is 24.3 Å². The average Bonchev–Trinajstić information content (AvgIpc) is 2.76. The maximum Gasteiger partial charge on any atom is 0.260 e. The highest BCUT2D eigenvalue weighted by molar-refractivity contribution is 5.93. The minimum Gasteiger partial charge on any atom is -0.363 e. The fourth-order valence-electron chi connectivity index (χ4n) is 2.41. The fraction of sp³-hybridized carbons (Fsp3) is 0.357. The van der Waals surface area contributed by atoms with Gasteiger partial charge in [0.25, 0.3) is 5.91 Å². The van der Waals surface area contributed by atoms with Crippen LogP contribution in [-0.4, -0.2) is 27.3 Å². The van der Waals surface area contributed by atoms with Gasteiger partial charge in [-0.3, -0.25) is 10.1 Å². The molecule has 20 heavy (non-hydrogen) atoms. The molecule has 1 unspecified atom stereocenters. The molecule has 0 bridgehead atoms. The molecule has 2 aromatic rings. The number of nitrogens with one attached hydrogen (secondary N) is 1. The number of fused-ring (bicyclic) bond motifs is 1. The van der Waals surface area contributed by atoms with Gasteiger partial charge in [-0.1, -0.05) is 24.3 Å². The van der Waals surface area contributed by atoms with Crippen LogP contribution in [0.4, 0.5) is 5.95 Å². The van der Waals surface area contributed by atoms with Crippen LogP contribution < -0.4 is 5.32 Å². The van der Waals surface area contributed by atoms with E-state index in [-0.39, 0.29) is 5.91 Å². The Morgan fingerprint density at radius 1 is 1.45 bits per heavy atom. The Kier molecular flexibility index (Phi) is 3.23. The summed E-state index contributed by atoms with van der Waals surface area (Å²) in [4.78, 5) is 16.5. The maximum atomic E-state index is 12.4. The van der Waals surface area contributed by atoms with Gasteiger partial charge in [0.2, 0.25) is 5.95 Å². The second-order valence-electron chi connectivity index (χ2n) is 4.80. The Morgan fingerprint density at radius 2 is 2.25 bits per heavy atom. The van der Waals surface area contributed by atoms with E-state index in [9.17, 15) is 4.79 Å². The molecule has 104 valence electrons. The van der Waals surface area contributed by atoms with Crippen molar-refractivity contribution in [3.63, 3.8) is 0 Å². The smallest absolute Gasteiger partial charge is 0.260 e. The van der Waals surface area contributed by atoms with E-state index in [0.29, 0.717) is 18.4 Å². The van der Waals surface area contributed by atoms with Crippen molar-refractivity contribution in [3.05, 3.63) is 41.2 Å². The normalized spacial score (nSPS) is 17.6. The topological polar surface area (TPSA) is 69.0 Å². The molecule has 1 amide bonds. The molecule has 0 aliphatic carbocycles. The SMILES string of the molecule is Cc1nc(NC(=O)C2OCCc3ccccc32)n(C)n1. The molecule has 1 N–H and O–H groups in total. The monoisotopic (exact) mass is 272 g/mol. The summed E-state index contributed by atoms with van der Waals surface area (Å²) >= 11 is 0. The second-order valence-corrected chi connectivity index (χ2v) is 4.80. The van der Waals surface area contributed by atoms with Crippen molar-refractivity contribution >= 4 is 11.9 Å². The van der Waals surface area contributed by atoms with Crippen molar-refractivity contribution in [2.75, 3.05) is 11.9 Å². The number of hydrogen-bond acceptors (Lipinski definition) is 4. The van der Waals surface area contributed by atoms with Crippen LogP contribution in [0.25, 0.3) is 0 Å². The first kappa shape index (κ1) is 12.8. The lowest BCUT2D eigenvalue weighted by Crippen LogP contribution is -2.29.